The zero-order chi connectivity index (χ0) is 29.4. The Kier molecular flexibility index (Phi) is 7.14. The number of benzene rings is 2. The quantitative estimate of drug-likeness (QED) is 0.251. The first-order valence-corrected chi connectivity index (χ1v) is 12.7. The first-order chi connectivity index (χ1) is 19.6. The second-order valence-electron chi connectivity index (χ2n) is 9.63. The van der Waals surface area contributed by atoms with E-state index in [0.29, 0.717) is 39.0 Å². The number of aryl methyl sites for hydroxylation is 1. The molecule has 4 aromatic rings. The highest BCUT2D eigenvalue weighted by atomic mass is 16.6. The highest BCUT2D eigenvalue weighted by molar-refractivity contribution is 5.88. The molecule has 41 heavy (non-hydrogen) atoms. The number of methoxy groups -OCH3 is 1. The van der Waals surface area contributed by atoms with Gasteiger partial charge in [-0.05, 0) is 43.7 Å². The van der Waals surface area contributed by atoms with Crippen molar-refractivity contribution in [1.29, 1.82) is 0 Å². The van der Waals surface area contributed by atoms with Crippen LogP contribution in [0.1, 0.15) is 41.5 Å². The smallest absolute Gasteiger partial charge is 0.308 e. The summed E-state index contributed by atoms with van der Waals surface area (Å²) in [7, 11) is 1.44. The van der Waals surface area contributed by atoms with Crippen molar-refractivity contribution in [3.63, 3.8) is 0 Å². The molecule has 1 N–H and O–H groups in total. The second-order valence-corrected chi connectivity index (χ2v) is 9.63. The SMILES string of the molecule is COc1ccc2ccc(OCC(=O)N3[C@@H](C)c4cccc(=O)n4[C@H]3c3cc([N+](=O)[O-])ccc3C)nc2c1CC(=O)O. The van der Waals surface area contributed by atoms with Gasteiger partial charge in [0.15, 0.2) is 6.61 Å². The van der Waals surface area contributed by atoms with Crippen LogP contribution in [0.5, 0.6) is 11.6 Å². The van der Waals surface area contributed by atoms with Gasteiger partial charge in [-0.3, -0.25) is 29.1 Å². The molecule has 5 rings (SSSR count). The van der Waals surface area contributed by atoms with Crippen molar-refractivity contribution < 1.29 is 29.1 Å². The molecule has 2 atom stereocenters. The van der Waals surface area contributed by atoms with Crippen LogP contribution < -0.4 is 15.0 Å². The number of carboxylic acid groups (broad SMARTS) is 1. The van der Waals surface area contributed by atoms with Gasteiger partial charge in [-0.15, -0.1) is 0 Å². The standard InChI is InChI=1S/C29H26N4O8/c1-16-7-10-19(33(38)39)13-20(16)29-31(17(2)22-5-4-6-25(34)32(22)29)26(35)15-41-24-12-9-18-8-11-23(40-3)21(14-27(36)37)28(18)30-24/h4-13,17,29H,14-15H2,1-3H3,(H,36,37)/t17-,29-/m0/s1. The third kappa shape index (κ3) is 4.95. The fourth-order valence-electron chi connectivity index (χ4n) is 5.27. The Morgan fingerprint density at radius 2 is 1.88 bits per heavy atom. The molecule has 0 unspecified atom stereocenters. The lowest BCUT2D eigenvalue weighted by Gasteiger charge is -2.29. The van der Waals surface area contributed by atoms with Gasteiger partial charge in [0.1, 0.15) is 11.9 Å². The molecule has 0 fully saturated rings. The van der Waals surface area contributed by atoms with Gasteiger partial charge in [0.2, 0.25) is 5.88 Å². The summed E-state index contributed by atoms with van der Waals surface area (Å²) in [6.45, 7) is 3.08. The molecule has 0 saturated heterocycles. The predicted octanol–water partition coefficient (Wildman–Crippen LogP) is 3.78. The Morgan fingerprint density at radius 1 is 1.12 bits per heavy atom. The molecule has 210 valence electrons. The summed E-state index contributed by atoms with van der Waals surface area (Å²) < 4.78 is 12.6. The number of rotatable bonds is 8. The number of aromatic nitrogens is 2. The summed E-state index contributed by atoms with van der Waals surface area (Å²) in [5.41, 5.74) is 1.93. The number of hydrogen-bond donors (Lipinski definition) is 1. The molecule has 0 radical (unpaired) electrons. The summed E-state index contributed by atoms with van der Waals surface area (Å²) in [5.74, 6) is -1.07. The number of nitro groups is 1. The second kappa shape index (κ2) is 10.7. The molecular weight excluding hydrogens is 532 g/mol. The number of ether oxygens (including phenoxy) is 2. The molecule has 1 aliphatic heterocycles. The number of amides is 1. The maximum Gasteiger partial charge on any atom is 0.308 e. The minimum absolute atomic E-state index is 0.0929. The molecule has 12 nitrogen and oxygen atoms in total. The Labute approximate surface area is 233 Å². The Bertz CT molecular complexity index is 1770. The van der Waals surface area contributed by atoms with E-state index in [2.05, 4.69) is 4.98 Å². The fourth-order valence-corrected chi connectivity index (χ4v) is 5.27. The van der Waals surface area contributed by atoms with Gasteiger partial charge in [0, 0.05) is 46.5 Å². The van der Waals surface area contributed by atoms with Crippen molar-refractivity contribution in [1.82, 2.24) is 14.5 Å². The number of carbonyl (C=O) groups is 2. The van der Waals surface area contributed by atoms with Gasteiger partial charge in [0.05, 0.1) is 30.0 Å². The van der Waals surface area contributed by atoms with Crippen LogP contribution in [-0.4, -0.2) is 50.1 Å². The largest absolute Gasteiger partial charge is 0.496 e. The number of hydrogen-bond acceptors (Lipinski definition) is 8. The predicted molar refractivity (Wildman–Crippen MR) is 147 cm³/mol. The van der Waals surface area contributed by atoms with E-state index in [9.17, 15) is 29.6 Å². The monoisotopic (exact) mass is 558 g/mol. The van der Waals surface area contributed by atoms with E-state index >= 15 is 0 Å². The van der Waals surface area contributed by atoms with E-state index < -0.39 is 35.6 Å². The number of aliphatic carboxylic acids is 1. The molecule has 1 aliphatic rings. The summed E-state index contributed by atoms with van der Waals surface area (Å²) in [6.07, 6.45) is -1.25. The third-order valence-corrected chi connectivity index (χ3v) is 7.20. The van der Waals surface area contributed by atoms with Crippen LogP contribution in [0.2, 0.25) is 0 Å². The van der Waals surface area contributed by atoms with Crippen molar-refractivity contribution in [3.05, 3.63) is 104 Å². The van der Waals surface area contributed by atoms with Crippen molar-refractivity contribution in [3.8, 4) is 11.6 Å². The van der Waals surface area contributed by atoms with Gasteiger partial charge < -0.3 is 19.5 Å². The molecule has 3 heterocycles. The number of non-ortho nitro benzene ring substituents is 1. The van der Waals surface area contributed by atoms with E-state index in [-0.39, 0.29) is 23.5 Å². The Hall–Kier alpha value is -5.26. The molecule has 2 aromatic carbocycles. The molecule has 0 bridgehead atoms. The maximum absolute atomic E-state index is 13.7. The first kappa shape index (κ1) is 27.3. The van der Waals surface area contributed by atoms with Crippen LogP contribution in [0.3, 0.4) is 0 Å². The zero-order valence-electron chi connectivity index (χ0n) is 22.4. The molecule has 0 aliphatic carbocycles. The van der Waals surface area contributed by atoms with E-state index in [0.717, 1.165) is 0 Å². The highest BCUT2D eigenvalue weighted by Crippen LogP contribution is 2.40. The van der Waals surface area contributed by atoms with Gasteiger partial charge in [-0.1, -0.05) is 12.1 Å². The topological polar surface area (TPSA) is 154 Å². The number of nitro benzene ring substituents is 1. The fraction of sp³-hybridized carbons (Fsp3) is 0.241. The average Bonchev–Trinajstić information content (AvgIpc) is 3.25. The molecule has 1 amide bonds. The van der Waals surface area contributed by atoms with Crippen molar-refractivity contribution in [2.75, 3.05) is 13.7 Å². The highest BCUT2D eigenvalue weighted by Gasteiger charge is 2.41. The van der Waals surface area contributed by atoms with E-state index in [1.165, 1.54) is 34.8 Å². The zero-order valence-corrected chi connectivity index (χ0v) is 22.4. The average molecular weight is 559 g/mol. The molecule has 12 heteroatoms. The van der Waals surface area contributed by atoms with Crippen LogP contribution in [0, 0.1) is 17.0 Å². The van der Waals surface area contributed by atoms with Crippen molar-refractivity contribution in [2.24, 2.45) is 0 Å². The lowest BCUT2D eigenvalue weighted by molar-refractivity contribution is -0.385. The van der Waals surface area contributed by atoms with Crippen LogP contribution in [0.25, 0.3) is 10.9 Å². The lowest BCUT2D eigenvalue weighted by atomic mass is 10.0. The number of carbonyl (C=O) groups excluding carboxylic acids is 1. The van der Waals surface area contributed by atoms with Gasteiger partial charge in [-0.25, -0.2) is 4.98 Å². The van der Waals surface area contributed by atoms with E-state index in [1.54, 1.807) is 56.3 Å². The first-order valence-electron chi connectivity index (χ1n) is 12.7. The van der Waals surface area contributed by atoms with Crippen molar-refractivity contribution in [2.45, 2.75) is 32.5 Å². The number of nitrogens with zero attached hydrogens (tertiary/aromatic N) is 4. The summed E-state index contributed by atoms with van der Waals surface area (Å²) in [4.78, 5) is 55.2. The van der Waals surface area contributed by atoms with E-state index in [1.807, 2.05) is 0 Å². The van der Waals surface area contributed by atoms with Crippen LogP contribution in [0.15, 0.2) is 65.5 Å². The maximum atomic E-state index is 13.7. The normalized spacial score (nSPS) is 15.9. The van der Waals surface area contributed by atoms with Crippen LogP contribution >= 0.6 is 0 Å². The molecule has 0 spiro atoms. The minimum Gasteiger partial charge on any atom is -0.496 e. The van der Waals surface area contributed by atoms with Gasteiger partial charge in [-0.2, -0.15) is 0 Å². The summed E-state index contributed by atoms with van der Waals surface area (Å²) in [5, 5.41) is 21.6. The Morgan fingerprint density at radius 3 is 2.59 bits per heavy atom. The van der Waals surface area contributed by atoms with Gasteiger partial charge >= 0.3 is 5.97 Å². The van der Waals surface area contributed by atoms with Crippen LogP contribution in [0.4, 0.5) is 5.69 Å². The molecule has 0 saturated carbocycles. The Balaban J connectivity index is 1.50. The number of pyridine rings is 2. The number of fused-ring (bicyclic) bond motifs is 2. The third-order valence-electron chi connectivity index (χ3n) is 7.20. The molecule has 2 aromatic heterocycles. The van der Waals surface area contributed by atoms with Crippen LogP contribution in [-0.2, 0) is 16.0 Å². The van der Waals surface area contributed by atoms with Crippen molar-refractivity contribution >= 4 is 28.5 Å². The van der Waals surface area contributed by atoms with E-state index in [4.69, 9.17) is 9.47 Å². The molecular formula is C29H26N4O8. The summed E-state index contributed by atoms with van der Waals surface area (Å²) in [6, 6.07) is 15.2. The number of carboxylic acids is 1. The minimum atomic E-state index is -1.06. The lowest BCUT2D eigenvalue weighted by Crippen LogP contribution is -2.39. The van der Waals surface area contributed by atoms with Gasteiger partial charge in [0.25, 0.3) is 17.2 Å². The summed E-state index contributed by atoms with van der Waals surface area (Å²) >= 11 is 0.